The van der Waals surface area contributed by atoms with Gasteiger partial charge in [0.15, 0.2) is 0 Å². The molecule has 1 aliphatic carbocycles. The van der Waals surface area contributed by atoms with Crippen LogP contribution in [0.1, 0.15) is 28.7 Å². The van der Waals surface area contributed by atoms with Gasteiger partial charge in [-0.25, -0.2) is 0 Å². The molecule has 3 aromatic rings. The van der Waals surface area contributed by atoms with Crippen molar-refractivity contribution < 1.29 is 5.11 Å². The second-order valence-corrected chi connectivity index (χ2v) is 6.82. The zero-order chi connectivity index (χ0) is 17.1. The quantitative estimate of drug-likeness (QED) is 0.729. The molecule has 0 fully saturated rings. The van der Waals surface area contributed by atoms with Crippen molar-refractivity contribution in [1.29, 1.82) is 0 Å². The highest BCUT2D eigenvalue weighted by Gasteiger charge is 2.35. The summed E-state index contributed by atoms with van der Waals surface area (Å²) in [4.78, 5) is 0. The van der Waals surface area contributed by atoms with Gasteiger partial charge >= 0.3 is 0 Å². The van der Waals surface area contributed by atoms with Crippen LogP contribution < -0.4 is 5.32 Å². The smallest absolute Gasteiger partial charge is 0.103 e. The highest BCUT2D eigenvalue weighted by Crippen LogP contribution is 2.36. The van der Waals surface area contributed by atoms with Crippen LogP contribution in [0.5, 0.6) is 0 Å². The lowest BCUT2D eigenvalue weighted by molar-refractivity contribution is 0.0384. The number of fused-ring (bicyclic) bond motifs is 1. The maximum absolute atomic E-state index is 10.9. The molecule has 25 heavy (non-hydrogen) atoms. The first-order valence-electron chi connectivity index (χ1n) is 8.80. The van der Waals surface area contributed by atoms with Gasteiger partial charge in [0, 0.05) is 24.8 Å². The van der Waals surface area contributed by atoms with Gasteiger partial charge in [0.25, 0.3) is 0 Å². The van der Waals surface area contributed by atoms with E-state index in [0.717, 1.165) is 30.5 Å². The van der Waals surface area contributed by atoms with Crippen LogP contribution in [0.3, 0.4) is 0 Å². The molecular formula is C21H23N3O. The number of nitrogens with zero attached hydrogens (tertiary/aromatic N) is 2. The average Bonchev–Trinajstić information content (AvgIpc) is 3.22. The topological polar surface area (TPSA) is 50.1 Å². The highest BCUT2D eigenvalue weighted by molar-refractivity contribution is 5.37. The van der Waals surface area contributed by atoms with E-state index in [1.54, 1.807) is 0 Å². The van der Waals surface area contributed by atoms with E-state index in [1.807, 2.05) is 47.3 Å². The molecule has 1 heterocycles. The van der Waals surface area contributed by atoms with E-state index in [-0.39, 0.29) is 0 Å². The number of benzene rings is 2. The van der Waals surface area contributed by atoms with Gasteiger partial charge in [-0.2, -0.15) is 5.10 Å². The Morgan fingerprint density at radius 1 is 1.04 bits per heavy atom. The Labute approximate surface area is 148 Å². The summed E-state index contributed by atoms with van der Waals surface area (Å²) >= 11 is 0. The third-order valence-electron chi connectivity index (χ3n) is 4.95. The minimum Gasteiger partial charge on any atom is -0.384 e. The van der Waals surface area contributed by atoms with Gasteiger partial charge in [-0.1, -0.05) is 54.6 Å². The molecule has 0 spiro atoms. The Balaban J connectivity index is 1.34. The minimum absolute atomic E-state index is 0.563. The average molecular weight is 333 g/mol. The maximum Gasteiger partial charge on any atom is 0.103 e. The van der Waals surface area contributed by atoms with Crippen molar-refractivity contribution in [3.05, 3.63) is 89.2 Å². The lowest BCUT2D eigenvalue weighted by Crippen LogP contribution is -2.35. The molecule has 4 rings (SSSR count). The van der Waals surface area contributed by atoms with Crippen LogP contribution in [0.15, 0.2) is 67.0 Å². The summed E-state index contributed by atoms with van der Waals surface area (Å²) in [5.74, 6) is 0. The van der Waals surface area contributed by atoms with Crippen molar-refractivity contribution in [2.45, 2.75) is 31.5 Å². The van der Waals surface area contributed by atoms with Crippen molar-refractivity contribution in [2.24, 2.45) is 0 Å². The summed E-state index contributed by atoms with van der Waals surface area (Å²) in [6.45, 7) is 2.05. The Kier molecular flexibility index (Phi) is 4.38. The van der Waals surface area contributed by atoms with Crippen LogP contribution in [0.25, 0.3) is 0 Å². The molecule has 0 saturated heterocycles. The number of aromatic nitrogens is 2. The van der Waals surface area contributed by atoms with Gasteiger partial charge in [0.2, 0.25) is 0 Å². The highest BCUT2D eigenvalue weighted by atomic mass is 16.3. The van der Waals surface area contributed by atoms with E-state index in [0.29, 0.717) is 13.1 Å². The molecule has 2 aromatic carbocycles. The molecule has 0 aliphatic heterocycles. The normalized spacial score (nSPS) is 19.1. The summed E-state index contributed by atoms with van der Waals surface area (Å²) < 4.78 is 1.95. The Hall–Kier alpha value is -2.43. The zero-order valence-electron chi connectivity index (χ0n) is 14.2. The lowest BCUT2D eigenvalue weighted by atomic mass is 9.96. The Morgan fingerprint density at radius 3 is 2.72 bits per heavy atom. The molecule has 1 atom stereocenters. The molecule has 128 valence electrons. The summed E-state index contributed by atoms with van der Waals surface area (Å²) in [7, 11) is 0. The fourth-order valence-corrected chi connectivity index (χ4v) is 3.62. The molecule has 1 aromatic heterocycles. The molecule has 2 N–H and O–H groups in total. The summed E-state index contributed by atoms with van der Waals surface area (Å²) in [5.41, 5.74) is 3.95. The number of rotatable bonds is 6. The van der Waals surface area contributed by atoms with E-state index in [2.05, 4.69) is 34.8 Å². The van der Waals surface area contributed by atoms with Crippen molar-refractivity contribution in [2.75, 3.05) is 6.54 Å². The zero-order valence-corrected chi connectivity index (χ0v) is 14.2. The second-order valence-electron chi connectivity index (χ2n) is 6.82. The van der Waals surface area contributed by atoms with Gasteiger partial charge in [-0.05, 0) is 29.5 Å². The fraction of sp³-hybridized carbons (Fsp3) is 0.286. The van der Waals surface area contributed by atoms with Crippen molar-refractivity contribution in [3.8, 4) is 0 Å². The van der Waals surface area contributed by atoms with Gasteiger partial charge < -0.3 is 10.4 Å². The van der Waals surface area contributed by atoms with Gasteiger partial charge in [-0.15, -0.1) is 0 Å². The molecule has 1 aliphatic rings. The van der Waals surface area contributed by atoms with Crippen LogP contribution >= 0.6 is 0 Å². The standard InChI is InChI=1S/C21H23N3O/c25-21(11-10-19-8-4-5-9-20(19)21)16-22-12-18-13-23-24(15-18)14-17-6-2-1-3-7-17/h1-9,13,15,22,25H,10-12,14,16H2. The number of nitrogens with one attached hydrogen (secondary N) is 1. The van der Waals surface area contributed by atoms with Crippen LogP contribution in [0, 0.1) is 0 Å². The van der Waals surface area contributed by atoms with E-state index < -0.39 is 5.60 Å². The third-order valence-corrected chi connectivity index (χ3v) is 4.95. The van der Waals surface area contributed by atoms with E-state index >= 15 is 0 Å². The maximum atomic E-state index is 10.9. The SMILES string of the molecule is OC1(CNCc2cnn(Cc3ccccc3)c2)CCc2ccccc21. The van der Waals surface area contributed by atoms with Crippen molar-refractivity contribution >= 4 is 0 Å². The summed E-state index contributed by atoms with van der Waals surface area (Å²) in [6.07, 6.45) is 5.69. The first-order chi connectivity index (χ1) is 12.2. The van der Waals surface area contributed by atoms with Gasteiger partial charge in [0.05, 0.1) is 12.7 Å². The van der Waals surface area contributed by atoms with E-state index in [9.17, 15) is 5.11 Å². The number of hydrogen-bond donors (Lipinski definition) is 2. The molecule has 0 radical (unpaired) electrons. The fourth-order valence-electron chi connectivity index (χ4n) is 3.62. The van der Waals surface area contributed by atoms with E-state index in [1.165, 1.54) is 11.1 Å². The largest absolute Gasteiger partial charge is 0.384 e. The molecule has 4 nitrogen and oxygen atoms in total. The number of aryl methyl sites for hydroxylation is 1. The lowest BCUT2D eigenvalue weighted by Gasteiger charge is -2.24. The first-order valence-corrected chi connectivity index (χ1v) is 8.80. The second kappa shape index (κ2) is 6.82. The molecule has 4 heteroatoms. The van der Waals surface area contributed by atoms with Crippen molar-refractivity contribution in [3.63, 3.8) is 0 Å². The summed E-state index contributed by atoms with van der Waals surface area (Å²) in [6, 6.07) is 18.5. The Morgan fingerprint density at radius 2 is 1.84 bits per heavy atom. The first kappa shape index (κ1) is 16.1. The minimum atomic E-state index is -0.753. The van der Waals surface area contributed by atoms with Gasteiger partial charge in [-0.3, -0.25) is 4.68 Å². The number of hydrogen-bond acceptors (Lipinski definition) is 3. The van der Waals surface area contributed by atoms with Crippen LogP contribution in [0.2, 0.25) is 0 Å². The monoisotopic (exact) mass is 333 g/mol. The van der Waals surface area contributed by atoms with Gasteiger partial charge in [0.1, 0.15) is 5.60 Å². The molecule has 1 unspecified atom stereocenters. The third kappa shape index (κ3) is 3.50. The van der Waals surface area contributed by atoms with Crippen LogP contribution in [0.4, 0.5) is 0 Å². The number of aliphatic hydroxyl groups is 1. The molecular weight excluding hydrogens is 310 g/mol. The van der Waals surface area contributed by atoms with E-state index in [4.69, 9.17) is 0 Å². The molecule has 0 saturated carbocycles. The summed E-state index contributed by atoms with van der Waals surface area (Å²) in [5, 5.41) is 18.8. The predicted molar refractivity (Wildman–Crippen MR) is 98.1 cm³/mol. The Bertz CT molecular complexity index is 843. The predicted octanol–water partition coefficient (Wildman–Crippen LogP) is 2.86. The molecule has 0 bridgehead atoms. The van der Waals surface area contributed by atoms with Crippen LogP contribution in [-0.2, 0) is 25.1 Å². The van der Waals surface area contributed by atoms with Crippen molar-refractivity contribution in [1.82, 2.24) is 15.1 Å². The molecule has 0 amide bonds. The van der Waals surface area contributed by atoms with Crippen LogP contribution in [-0.4, -0.2) is 21.4 Å².